The second-order valence-electron chi connectivity index (χ2n) is 5.71. The van der Waals surface area contributed by atoms with Gasteiger partial charge in [0.2, 0.25) is 0 Å². The summed E-state index contributed by atoms with van der Waals surface area (Å²) in [5.41, 5.74) is 0. The van der Waals surface area contributed by atoms with Crippen LogP contribution in [0.15, 0.2) is 12.2 Å². The molecule has 0 aromatic rings. The maximum Gasteiger partial charge on any atom is 0.0414 e. The smallest absolute Gasteiger partial charge is 0.0414 e. The third kappa shape index (κ3) is 24.2. The zero-order valence-electron chi connectivity index (χ0n) is 14.5. The van der Waals surface area contributed by atoms with E-state index in [-0.39, 0.29) is 6.42 Å². The molecule has 0 aliphatic heterocycles. The van der Waals surface area contributed by atoms with Crippen LogP contribution in [0.1, 0.15) is 96.8 Å². The quantitative estimate of drug-likeness (QED) is 0.276. The summed E-state index contributed by atoms with van der Waals surface area (Å²) in [7, 11) is 0. The van der Waals surface area contributed by atoms with Crippen molar-refractivity contribution in [2.45, 2.75) is 96.8 Å². The zero-order chi connectivity index (χ0) is 16.9. The lowest BCUT2D eigenvalue weighted by Crippen LogP contribution is -2.42. The van der Waals surface area contributed by atoms with E-state index >= 15 is 0 Å². The number of quaternary nitrogens is 1. The summed E-state index contributed by atoms with van der Waals surface area (Å²) >= 11 is 0. The van der Waals surface area contributed by atoms with Gasteiger partial charge in [-0.05, 0) is 38.5 Å². The molecular weight excluding hydrogens is 278 g/mol. The summed E-state index contributed by atoms with van der Waals surface area (Å²) < 4.78 is 0. The van der Waals surface area contributed by atoms with Gasteiger partial charge in [-0.25, -0.2) is 11.1 Å². The summed E-state index contributed by atoms with van der Waals surface area (Å²) in [5, 5.41) is 17.0. The second-order valence-corrected chi connectivity index (χ2v) is 5.71. The fourth-order valence-corrected chi connectivity index (χ4v) is 2.34. The molecule has 0 bridgehead atoms. The number of unbranched alkanes of at least 4 members (excludes halogenated alkanes) is 11. The molecule has 4 nitrogen and oxygen atoms in total. The molecule has 0 aromatic heterocycles. The average molecular weight is 315 g/mol. The fourth-order valence-electron chi connectivity index (χ4n) is 2.34. The maximum absolute atomic E-state index is 10.2. The van der Waals surface area contributed by atoms with E-state index in [2.05, 4.69) is 25.0 Å². The van der Waals surface area contributed by atoms with Gasteiger partial charge in [-0.15, -0.1) is 0 Å². The lowest BCUT2D eigenvalue weighted by molar-refractivity contribution is -0.670. The van der Waals surface area contributed by atoms with Gasteiger partial charge in [0.25, 0.3) is 0 Å². The van der Waals surface area contributed by atoms with Crippen LogP contribution in [0.4, 0.5) is 0 Å². The molecule has 0 rings (SSSR count). The number of rotatable bonds is 15. The molecule has 0 amide bonds. The molecule has 132 valence electrons. The molecule has 0 aliphatic rings. The van der Waals surface area contributed by atoms with Crippen molar-refractivity contribution in [1.82, 2.24) is 0 Å². The number of carbonyl (C=O) groups is 1. The van der Waals surface area contributed by atoms with E-state index in [1.807, 2.05) is 0 Å². The van der Waals surface area contributed by atoms with Crippen molar-refractivity contribution in [2.75, 3.05) is 0 Å². The van der Waals surface area contributed by atoms with E-state index < -0.39 is 5.97 Å². The molecule has 4 heteroatoms. The first-order valence-electron chi connectivity index (χ1n) is 8.93. The highest BCUT2D eigenvalue weighted by Crippen LogP contribution is 2.09. The summed E-state index contributed by atoms with van der Waals surface area (Å²) in [6, 6.07) is 0. The standard InChI is InChI=1S/C18H34O2.H4NO/c1-2-3-4-5-6-7-8-9-10-11-12-13-14-15-16-17-18(19)20;1-2/h9-10H,2-8,11-17H2,1H3,(H,19,20);2H,1H3/q;+1/p-1/b10-9-;. The first-order chi connectivity index (χ1) is 10.8. The molecule has 0 saturated heterocycles. The van der Waals surface area contributed by atoms with Gasteiger partial charge in [0.05, 0.1) is 0 Å². The fraction of sp³-hybridized carbons (Fsp3) is 0.833. The largest absolute Gasteiger partial charge is 0.550 e. The van der Waals surface area contributed by atoms with Crippen LogP contribution in [0.5, 0.6) is 0 Å². The Labute approximate surface area is 136 Å². The van der Waals surface area contributed by atoms with Gasteiger partial charge in [0, 0.05) is 5.97 Å². The molecule has 0 radical (unpaired) electrons. The van der Waals surface area contributed by atoms with Crippen molar-refractivity contribution in [3.8, 4) is 0 Å². The average Bonchev–Trinajstić information content (AvgIpc) is 2.53. The lowest BCUT2D eigenvalue weighted by atomic mass is 10.1. The van der Waals surface area contributed by atoms with Gasteiger partial charge >= 0.3 is 0 Å². The number of aliphatic carboxylic acids is 1. The molecule has 0 aliphatic carbocycles. The van der Waals surface area contributed by atoms with Gasteiger partial charge in [-0.3, -0.25) is 0 Å². The normalized spacial score (nSPS) is 10.5. The Morgan fingerprint density at radius 1 is 0.818 bits per heavy atom. The molecule has 0 saturated carbocycles. The Morgan fingerprint density at radius 3 is 1.68 bits per heavy atom. The molecule has 0 atom stereocenters. The zero-order valence-corrected chi connectivity index (χ0v) is 14.5. The first-order valence-corrected chi connectivity index (χ1v) is 8.93. The van der Waals surface area contributed by atoms with Crippen LogP contribution in [0.2, 0.25) is 0 Å². The third-order valence-corrected chi connectivity index (χ3v) is 3.64. The molecule has 0 aromatic carbocycles. The van der Waals surface area contributed by atoms with Gasteiger partial charge < -0.3 is 9.90 Å². The number of carboxylic acids is 1. The van der Waals surface area contributed by atoms with Gasteiger partial charge in [0.15, 0.2) is 0 Å². The Kier molecular flexibility index (Phi) is 23.8. The van der Waals surface area contributed by atoms with Crippen molar-refractivity contribution in [3.63, 3.8) is 0 Å². The molecule has 0 fully saturated rings. The highest BCUT2D eigenvalue weighted by Gasteiger charge is 1.91. The molecule has 0 heterocycles. The predicted molar refractivity (Wildman–Crippen MR) is 89.1 cm³/mol. The van der Waals surface area contributed by atoms with E-state index in [4.69, 9.17) is 5.21 Å². The van der Waals surface area contributed by atoms with Crippen LogP contribution in [0, 0.1) is 0 Å². The number of carboxylic acid groups (broad SMARTS) is 1. The van der Waals surface area contributed by atoms with Crippen LogP contribution in [-0.2, 0) is 4.79 Å². The Hall–Kier alpha value is -0.870. The van der Waals surface area contributed by atoms with Crippen LogP contribution in [0.3, 0.4) is 0 Å². The third-order valence-electron chi connectivity index (χ3n) is 3.64. The van der Waals surface area contributed by atoms with Crippen LogP contribution >= 0.6 is 0 Å². The van der Waals surface area contributed by atoms with Crippen LogP contribution < -0.4 is 11.0 Å². The molecular formula is C18H37NO3. The summed E-state index contributed by atoms with van der Waals surface area (Å²) in [6.45, 7) is 2.26. The minimum absolute atomic E-state index is 0.220. The van der Waals surface area contributed by atoms with Crippen molar-refractivity contribution < 1.29 is 21.0 Å². The van der Waals surface area contributed by atoms with Crippen LogP contribution in [0.25, 0.3) is 0 Å². The topological polar surface area (TPSA) is 88.0 Å². The molecule has 0 unspecified atom stereocenters. The van der Waals surface area contributed by atoms with Crippen molar-refractivity contribution in [1.29, 1.82) is 0 Å². The highest BCUT2D eigenvalue weighted by atomic mass is 16.4. The summed E-state index contributed by atoms with van der Waals surface area (Å²) in [6.07, 6.45) is 20.9. The lowest BCUT2D eigenvalue weighted by Gasteiger charge is -2.01. The first kappa shape index (κ1) is 23.4. The SMILES string of the molecule is CCCCCCCC/C=C\CCCCCCCC(=O)[O-].[NH3+]O. The Balaban J connectivity index is 0. The van der Waals surface area contributed by atoms with E-state index in [0.29, 0.717) is 0 Å². The van der Waals surface area contributed by atoms with Crippen LogP contribution in [-0.4, -0.2) is 11.2 Å². The summed E-state index contributed by atoms with van der Waals surface area (Å²) in [5.74, 6) is 1.34. The minimum atomic E-state index is -0.914. The minimum Gasteiger partial charge on any atom is -0.550 e. The van der Waals surface area contributed by atoms with Crippen molar-refractivity contribution >= 4 is 5.97 Å². The summed E-state index contributed by atoms with van der Waals surface area (Å²) in [4.78, 5) is 10.2. The monoisotopic (exact) mass is 315 g/mol. The van der Waals surface area contributed by atoms with Crippen molar-refractivity contribution in [3.05, 3.63) is 12.2 Å². The van der Waals surface area contributed by atoms with E-state index in [9.17, 15) is 9.90 Å². The van der Waals surface area contributed by atoms with Gasteiger partial charge in [-0.1, -0.05) is 70.4 Å². The van der Waals surface area contributed by atoms with E-state index in [1.165, 1.54) is 64.2 Å². The predicted octanol–water partition coefficient (Wildman–Crippen LogP) is 3.39. The Bertz CT molecular complexity index is 242. The number of hydrogen-bond acceptors (Lipinski definition) is 3. The second kappa shape index (κ2) is 22.4. The molecule has 4 N–H and O–H groups in total. The molecule has 22 heavy (non-hydrogen) atoms. The maximum atomic E-state index is 10.2. The van der Waals surface area contributed by atoms with Crippen molar-refractivity contribution in [2.24, 2.45) is 0 Å². The molecule has 0 spiro atoms. The van der Waals surface area contributed by atoms with Gasteiger partial charge in [-0.2, -0.15) is 0 Å². The van der Waals surface area contributed by atoms with E-state index in [0.717, 1.165) is 19.3 Å². The number of carbonyl (C=O) groups excluding carboxylic acids is 1. The highest BCUT2D eigenvalue weighted by molar-refractivity contribution is 5.63. The number of allylic oxidation sites excluding steroid dienone is 2. The van der Waals surface area contributed by atoms with E-state index in [1.54, 1.807) is 0 Å². The number of hydrogen-bond donors (Lipinski definition) is 2. The Morgan fingerprint density at radius 2 is 1.23 bits per heavy atom. The van der Waals surface area contributed by atoms with Gasteiger partial charge in [0.1, 0.15) is 0 Å².